The first-order valence-electron chi connectivity index (χ1n) is 9.49. The summed E-state index contributed by atoms with van der Waals surface area (Å²) in [7, 11) is 0. The minimum Gasteiger partial charge on any atom is -0.397 e. The number of nitrogens with one attached hydrogen (secondary N) is 2. The van der Waals surface area contributed by atoms with Crippen LogP contribution >= 0.6 is 11.6 Å². The van der Waals surface area contributed by atoms with E-state index in [-0.39, 0.29) is 11.7 Å². The van der Waals surface area contributed by atoms with Crippen LogP contribution in [0.15, 0.2) is 48.5 Å². The van der Waals surface area contributed by atoms with Gasteiger partial charge in [-0.3, -0.25) is 9.59 Å². The molecule has 3 rings (SSSR count). The van der Waals surface area contributed by atoms with Gasteiger partial charge in [0.1, 0.15) is 0 Å². The van der Waals surface area contributed by atoms with Crippen LogP contribution in [0, 0.1) is 0 Å². The molecule has 1 amide bonds. The van der Waals surface area contributed by atoms with Gasteiger partial charge in [-0.05, 0) is 43.2 Å². The number of nitrogen functional groups attached to an aromatic ring is 1. The second kappa shape index (κ2) is 9.42. The minimum atomic E-state index is -0.0380. The molecule has 6 heteroatoms. The molecule has 0 aliphatic rings. The Morgan fingerprint density at radius 3 is 2.46 bits per heavy atom. The minimum absolute atomic E-state index is 0.0380. The van der Waals surface area contributed by atoms with E-state index in [9.17, 15) is 9.59 Å². The predicted octanol–water partition coefficient (Wildman–Crippen LogP) is 5.57. The topological polar surface area (TPSA) is 88.0 Å². The van der Waals surface area contributed by atoms with Crippen LogP contribution in [0.1, 0.15) is 49.0 Å². The van der Waals surface area contributed by atoms with Crippen LogP contribution in [-0.2, 0) is 4.79 Å². The first kappa shape index (κ1) is 20.0. The lowest BCUT2D eigenvalue weighted by molar-refractivity contribution is -0.116. The molecule has 146 valence electrons. The number of benzene rings is 2. The fourth-order valence-corrected chi connectivity index (χ4v) is 3.38. The first-order chi connectivity index (χ1) is 13.5. The van der Waals surface area contributed by atoms with Crippen LogP contribution in [0.4, 0.5) is 11.4 Å². The molecule has 4 N–H and O–H groups in total. The standard InChI is InChI=1S/C22H24ClN3O2/c23-16-8-7-11-18-15(16)14-20(25-18)21(27)12-3-1-2-4-13-22(28)26-19-10-6-5-9-17(19)24/h5-11,14,25H,1-4,12-13,24H2,(H,26,28). The molecule has 28 heavy (non-hydrogen) atoms. The summed E-state index contributed by atoms with van der Waals surface area (Å²) in [5.41, 5.74) is 8.50. The van der Waals surface area contributed by atoms with Gasteiger partial charge in [0.15, 0.2) is 5.78 Å². The number of anilines is 2. The molecule has 0 atom stereocenters. The predicted molar refractivity (Wildman–Crippen MR) is 115 cm³/mol. The van der Waals surface area contributed by atoms with Crippen molar-refractivity contribution in [3.05, 3.63) is 59.2 Å². The number of carbonyl (C=O) groups is 2. The number of aromatic amines is 1. The highest BCUT2D eigenvalue weighted by Crippen LogP contribution is 2.25. The summed E-state index contributed by atoms with van der Waals surface area (Å²) in [4.78, 5) is 27.5. The lowest BCUT2D eigenvalue weighted by atomic mass is 10.1. The molecule has 0 saturated heterocycles. The van der Waals surface area contributed by atoms with Crippen molar-refractivity contribution in [2.45, 2.75) is 38.5 Å². The van der Waals surface area contributed by atoms with Crippen LogP contribution in [0.5, 0.6) is 0 Å². The Morgan fingerprint density at radius 1 is 0.964 bits per heavy atom. The molecule has 0 radical (unpaired) electrons. The van der Waals surface area contributed by atoms with Gasteiger partial charge in [-0.1, -0.05) is 42.6 Å². The molecule has 2 aromatic carbocycles. The zero-order chi connectivity index (χ0) is 19.9. The molecule has 0 aliphatic heterocycles. The quantitative estimate of drug-likeness (QED) is 0.250. The SMILES string of the molecule is Nc1ccccc1NC(=O)CCCCCCC(=O)c1cc2c(Cl)cccc2[nH]1. The van der Waals surface area contributed by atoms with E-state index in [4.69, 9.17) is 17.3 Å². The largest absolute Gasteiger partial charge is 0.397 e. The van der Waals surface area contributed by atoms with Gasteiger partial charge in [-0.15, -0.1) is 0 Å². The Balaban J connectivity index is 1.35. The molecule has 5 nitrogen and oxygen atoms in total. The van der Waals surface area contributed by atoms with Crippen molar-refractivity contribution in [2.24, 2.45) is 0 Å². The van der Waals surface area contributed by atoms with Gasteiger partial charge in [0, 0.05) is 28.8 Å². The monoisotopic (exact) mass is 397 g/mol. The van der Waals surface area contributed by atoms with Crippen molar-refractivity contribution < 1.29 is 9.59 Å². The molecule has 1 heterocycles. The molecule has 0 saturated carbocycles. The van der Waals surface area contributed by atoms with Gasteiger partial charge in [-0.25, -0.2) is 0 Å². The van der Waals surface area contributed by atoms with E-state index < -0.39 is 0 Å². The van der Waals surface area contributed by atoms with Crippen LogP contribution < -0.4 is 11.1 Å². The molecule has 0 aliphatic carbocycles. The molecular weight excluding hydrogens is 374 g/mol. The fourth-order valence-electron chi connectivity index (χ4n) is 3.15. The third-order valence-electron chi connectivity index (χ3n) is 4.70. The molecule has 0 unspecified atom stereocenters. The van der Waals surface area contributed by atoms with Gasteiger partial charge in [0.2, 0.25) is 5.91 Å². The third kappa shape index (κ3) is 5.14. The number of carbonyl (C=O) groups excluding carboxylic acids is 2. The zero-order valence-corrected chi connectivity index (χ0v) is 16.4. The third-order valence-corrected chi connectivity index (χ3v) is 5.03. The number of hydrogen-bond donors (Lipinski definition) is 3. The molecule has 0 spiro atoms. The molecule has 3 aromatic rings. The highest BCUT2D eigenvalue weighted by atomic mass is 35.5. The zero-order valence-electron chi connectivity index (χ0n) is 15.6. The van der Waals surface area contributed by atoms with E-state index in [1.54, 1.807) is 12.1 Å². The number of H-pyrrole nitrogens is 1. The van der Waals surface area contributed by atoms with Gasteiger partial charge >= 0.3 is 0 Å². The smallest absolute Gasteiger partial charge is 0.224 e. The summed E-state index contributed by atoms with van der Waals surface area (Å²) < 4.78 is 0. The summed E-state index contributed by atoms with van der Waals surface area (Å²) in [6.07, 6.45) is 4.33. The number of ketones is 1. The van der Waals surface area contributed by atoms with E-state index in [1.165, 1.54) is 0 Å². The number of hydrogen-bond acceptors (Lipinski definition) is 3. The van der Waals surface area contributed by atoms with E-state index in [0.717, 1.165) is 36.6 Å². The second-order valence-corrected chi connectivity index (χ2v) is 7.26. The van der Waals surface area contributed by atoms with Crippen LogP contribution in [0.3, 0.4) is 0 Å². The maximum Gasteiger partial charge on any atom is 0.224 e. The molecule has 0 bridgehead atoms. The van der Waals surface area contributed by atoms with Gasteiger partial charge < -0.3 is 16.0 Å². The van der Waals surface area contributed by atoms with Crippen LogP contribution in [-0.4, -0.2) is 16.7 Å². The highest BCUT2D eigenvalue weighted by Gasteiger charge is 2.11. The summed E-state index contributed by atoms with van der Waals surface area (Å²) in [5, 5.41) is 4.34. The Labute approximate surface area is 169 Å². The molecule has 1 aromatic heterocycles. The average Bonchev–Trinajstić information content (AvgIpc) is 3.12. The average molecular weight is 398 g/mol. The normalized spacial score (nSPS) is 10.9. The van der Waals surface area contributed by atoms with Crippen molar-refractivity contribution in [1.29, 1.82) is 0 Å². The maximum atomic E-state index is 12.4. The van der Waals surface area contributed by atoms with Crippen molar-refractivity contribution in [2.75, 3.05) is 11.1 Å². The van der Waals surface area contributed by atoms with Gasteiger partial charge in [-0.2, -0.15) is 0 Å². The van der Waals surface area contributed by atoms with Crippen molar-refractivity contribution in [3.8, 4) is 0 Å². The number of halogens is 1. The van der Waals surface area contributed by atoms with Crippen molar-refractivity contribution >= 4 is 45.6 Å². The Morgan fingerprint density at radius 2 is 1.71 bits per heavy atom. The number of unbranched alkanes of at least 4 members (excludes halogenated alkanes) is 3. The van der Waals surface area contributed by atoms with Crippen molar-refractivity contribution in [1.82, 2.24) is 4.98 Å². The number of rotatable bonds is 9. The maximum absolute atomic E-state index is 12.4. The van der Waals surface area contributed by atoms with E-state index in [2.05, 4.69) is 10.3 Å². The van der Waals surface area contributed by atoms with Crippen LogP contribution in [0.2, 0.25) is 5.02 Å². The number of nitrogens with two attached hydrogens (primary N) is 1. The number of fused-ring (bicyclic) bond motifs is 1. The van der Waals surface area contributed by atoms with Crippen LogP contribution in [0.25, 0.3) is 10.9 Å². The highest BCUT2D eigenvalue weighted by molar-refractivity contribution is 6.35. The molecule has 0 fully saturated rings. The number of amides is 1. The summed E-state index contributed by atoms with van der Waals surface area (Å²) in [5.74, 6) is 0.0495. The van der Waals surface area contributed by atoms with E-state index in [0.29, 0.717) is 34.9 Å². The fraction of sp³-hybridized carbons (Fsp3) is 0.273. The number of aromatic nitrogens is 1. The van der Waals surface area contributed by atoms with E-state index >= 15 is 0 Å². The summed E-state index contributed by atoms with van der Waals surface area (Å²) in [6.45, 7) is 0. The Bertz CT molecular complexity index is 981. The Kier molecular flexibility index (Phi) is 6.71. The first-order valence-corrected chi connectivity index (χ1v) is 9.87. The Hall–Kier alpha value is -2.79. The van der Waals surface area contributed by atoms with Gasteiger partial charge in [0.25, 0.3) is 0 Å². The lowest BCUT2D eigenvalue weighted by Gasteiger charge is -2.07. The number of para-hydroxylation sites is 2. The summed E-state index contributed by atoms with van der Waals surface area (Å²) in [6, 6.07) is 14.6. The lowest BCUT2D eigenvalue weighted by Crippen LogP contribution is -2.12. The van der Waals surface area contributed by atoms with Gasteiger partial charge in [0.05, 0.1) is 17.1 Å². The summed E-state index contributed by atoms with van der Waals surface area (Å²) >= 11 is 6.15. The number of Topliss-reactive ketones (excluding diaryl/α,β-unsaturated/α-hetero) is 1. The second-order valence-electron chi connectivity index (χ2n) is 6.86. The van der Waals surface area contributed by atoms with E-state index in [1.807, 2.05) is 36.4 Å². The van der Waals surface area contributed by atoms with Crippen molar-refractivity contribution in [3.63, 3.8) is 0 Å². The molecular formula is C22H24ClN3O2.